The fourth-order valence-electron chi connectivity index (χ4n) is 3.12. The number of anilines is 1. The smallest absolute Gasteiger partial charge is 0.278 e. The molecule has 0 aromatic heterocycles. The van der Waals surface area contributed by atoms with Gasteiger partial charge in [0.1, 0.15) is 11.4 Å². The number of nitrogens with zero attached hydrogens (tertiary/aromatic N) is 1. The molecule has 0 saturated heterocycles. The highest BCUT2D eigenvalue weighted by Gasteiger charge is 2.38. The normalized spacial score (nSPS) is 14.0. The highest BCUT2D eigenvalue weighted by molar-refractivity contribution is 6.36. The molecule has 1 heterocycles. The predicted molar refractivity (Wildman–Crippen MR) is 113 cm³/mol. The molecule has 0 saturated carbocycles. The van der Waals surface area contributed by atoms with Gasteiger partial charge in [-0.2, -0.15) is 0 Å². The third-order valence-corrected chi connectivity index (χ3v) is 4.70. The summed E-state index contributed by atoms with van der Waals surface area (Å²) in [6, 6.07) is 14.1. The lowest BCUT2D eigenvalue weighted by Crippen LogP contribution is -2.33. The van der Waals surface area contributed by atoms with Crippen molar-refractivity contribution in [2.75, 3.05) is 32.2 Å². The number of hydrogen-bond donors (Lipinski definition) is 1. The number of halogens is 1. The first-order chi connectivity index (χ1) is 14.0. The van der Waals surface area contributed by atoms with E-state index in [1.807, 2.05) is 25.1 Å². The van der Waals surface area contributed by atoms with Gasteiger partial charge in [-0.1, -0.05) is 29.8 Å². The van der Waals surface area contributed by atoms with E-state index < -0.39 is 0 Å². The average molecular weight is 415 g/mol. The van der Waals surface area contributed by atoms with Gasteiger partial charge in [0.15, 0.2) is 0 Å². The highest BCUT2D eigenvalue weighted by Crippen LogP contribution is 2.32. The van der Waals surface area contributed by atoms with Crippen LogP contribution in [0.2, 0.25) is 5.02 Å². The lowest BCUT2D eigenvalue weighted by atomic mass is 10.0. The van der Waals surface area contributed by atoms with Gasteiger partial charge in [0.05, 0.1) is 12.2 Å². The summed E-state index contributed by atoms with van der Waals surface area (Å²) in [6.45, 7) is 3.18. The second-order valence-corrected chi connectivity index (χ2v) is 6.89. The number of methoxy groups -OCH3 is 1. The molecule has 29 heavy (non-hydrogen) atoms. The van der Waals surface area contributed by atoms with E-state index in [0.717, 1.165) is 0 Å². The van der Waals surface area contributed by atoms with E-state index in [9.17, 15) is 9.59 Å². The van der Waals surface area contributed by atoms with Gasteiger partial charge in [-0.3, -0.25) is 14.5 Å². The van der Waals surface area contributed by atoms with Crippen LogP contribution in [0.4, 0.5) is 5.69 Å². The van der Waals surface area contributed by atoms with Crippen molar-refractivity contribution in [1.29, 1.82) is 0 Å². The number of carbonyl (C=O) groups is 2. The topological polar surface area (TPSA) is 67.9 Å². The summed E-state index contributed by atoms with van der Waals surface area (Å²) < 4.78 is 10.6. The van der Waals surface area contributed by atoms with E-state index in [2.05, 4.69) is 5.32 Å². The van der Waals surface area contributed by atoms with Gasteiger partial charge in [-0.25, -0.2) is 0 Å². The molecule has 0 radical (unpaired) electrons. The van der Waals surface area contributed by atoms with Crippen LogP contribution in [-0.2, 0) is 14.3 Å². The van der Waals surface area contributed by atoms with Gasteiger partial charge in [0.2, 0.25) is 0 Å². The van der Waals surface area contributed by atoms with Crippen molar-refractivity contribution in [3.63, 3.8) is 0 Å². The molecule has 1 N–H and O–H groups in total. The Morgan fingerprint density at radius 3 is 2.52 bits per heavy atom. The summed E-state index contributed by atoms with van der Waals surface area (Å²) in [6.07, 6.45) is 0.564. The van der Waals surface area contributed by atoms with Crippen molar-refractivity contribution in [3.05, 3.63) is 64.8 Å². The Morgan fingerprint density at radius 1 is 1.07 bits per heavy atom. The van der Waals surface area contributed by atoms with E-state index in [1.165, 1.54) is 4.90 Å². The summed E-state index contributed by atoms with van der Waals surface area (Å²) in [5.74, 6) is -0.0189. The first-order valence-electron chi connectivity index (χ1n) is 9.40. The Labute approximate surface area is 175 Å². The van der Waals surface area contributed by atoms with E-state index in [1.54, 1.807) is 37.4 Å². The molecule has 6 nitrogen and oxygen atoms in total. The molecule has 7 heteroatoms. The zero-order valence-electron chi connectivity index (χ0n) is 16.4. The molecule has 0 atom stereocenters. The molecule has 0 bridgehead atoms. The Kier molecular flexibility index (Phi) is 6.90. The van der Waals surface area contributed by atoms with Crippen LogP contribution < -0.4 is 10.1 Å². The first-order valence-corrected chi connectivity index (χ1v) is 9.78. The Bertz CT molecular complexity index is 925. The Morgan fingerprint density at radius 2 is 1.83 bits per heavy atom. The predicted octanol–water partition coefficient (Wildman–Crippen LogP) is 3.97. The second kappa shape index (κ2) is 9.58. The fourth-order valence-corrected chi connectivity index (χ4v) is 3.25. The van der Waals surface area contributed by atoms with Crippen molar-refractivity contribution in [3.8, 4) is 5.75 Å². The number of amides is 2. The fraction of sp³-hybridized carbons (Fsp3) is 0.273. The quantitative estimate of drug-likeness (QED) is 0.496. The summed E-state index contributed by atoms with van der Waals surface area (Å²) in [7, 11) is 1.59. The monoisotopic (exact) mass is 414 g/mol. The van der Waals surface area contributed by atoms with Crippen LogP contribution >= 0.6 is 11.6 Å². The van der Waals surface area contributed by atoms with Crippen LogP contribution in [-0.4, -0.2) is 43.6 Å². The van der Waals surface area contributed by atoms with Gasteiger partial charge in [0.25, 0.3) is 11.8 Å². The van der Waals surface area contributed by atoms with Crippen molar-refractivity contribution in [2.24, 2.45) is 0 Å². The third-order valence-electron chi connectivity index (χ3n) is 4.45. The number of nitrogens with one attached hydrogen (secondary N) is 1. The molecule has 2 aromatic carbocycles. The molecular formula is C22H23ClN2O4. The number of carbonyl (C=O) groups excluding carboxylic acids is 2. The molecule has 152 valence electrons. The minimum atomic E-state index is -0.363. The van der Waals surface area contributed by atoms with Crippen LogP contribution in [0.15, 0.2) is 54.2 Å². The second-order valence-electron chi connectivity index (χ2n) is 6.45. The van der Waals surface area contributed by atoms with Crippen LogP contribution in [0.1, 0.15) is 18.9 Å². The van der Waals surface area contributed by atoms with Crippen LogP contribution in [0.25, 0.3) is 5.57 Å². The summed E-state index contributed by atoms with van der Waals surface area (Å²) in [5.41, 5.74) is 1.86. The number of rotatable bonds is 9. The van der Waals surface area contributed by atoms with Gasteiger partial charge in [0, 0.05) is 37.0 Å². The molecule has 3 rings (SSSR count). The number of benzene rings is 2. The standard InChI is InChI=1S/C22H23ClN2O4/c1-3-29-18-7-4-6-17(14-18)24-20-19(15-8-10-16(23)11-9-15)21(26)25(22(20)27)12-5-13-28-2/h4,6-11,14,24H,3,5,12-13H2,1-2H3. The molecule has 0 spiro atoms. The van der Waals surface area contributed by atoms with Crippen molar-refractivity contribution < 1.29 is 19.1 Å². The molecule has 1 aliphatic rings. The first kappa shape index (κ1) is 20.9. The SMILES string of the molecule is CCOc1cccc(NC2=C(c3ccc(Cl)cc3)C(=O)N(CCCOC)C2=O)c1. The molecular weight excluding hydrogens is 392 g/mol. The minimum absolute atomic E-state index is 0.239. The largest absolute Gasteiger partial charge is 0.494 e. The van der Waals surface area contributed by atoms with Crippen LogP contribution in [0, 0.1) is 0 Å². The van der Waals surface area contributed by atoms with E-state index in [-0.39, 0.29) is 24.1 Å². The van der Waals surface area contributed by atoms with Crippen molar-refractivity contribution >= 4 is 34.7 Å². The molecule has 0 unspecified atom stereocenters. The zero-order valence-corrected chi connectivity index (χ0v) is 17.2. The minimum Gasteiger partial charge on any atom is -0.494 e. The molecule has 0 aliphatic carbocycles. The Hall–Kier alpha value is -2.83. The number of imide groups is 1. The van der Waals surface area contributed by atoms with Crippen molar-refractivity contribution in [2.45, 2.75) is 13.3 Å². The third kappa shape index (κ3) is 4.78. The average Bonchev–Trinajstić information content (AvgIpc) is 2.94. The number of hydrogen-bond acceptors (Lipinski definition) is 5. The maximum atomic E-state index is 13.1. The maximum absolute atomic E-state index is 13.1. The van der Waals surface area contributed by atoms with Gasteiger partial charge < -0.3 is 14.8 Å². The lowest BCUT2D eigenvalue weighted by Gasteiger charge is -2.15. The van der Waals surface area contributed by atoms with Gasteiger partial charge >= 0.3 is 0 Å². The van der Waals surface area contributed by atoms with Crippen molar-refractivity contribution in [1.82, 2.24) is 4.90 Å². The summed E-state index contributed by atoms with van der Waals surface area (Å²) in [5, 5.41) is 3.68. The highest BCUT2D eigenvalue weighted by atomic mass is 35.5. The van der Waals surface area contributed by atoms with E-state index in [4.69, 9.17) is 21.1 Å². The lowest BCUT2D eigenvalue weighted by molar-refractivity contribution is -0.136. The summed E-state index contributed by atoms with van der Waals surface area (Å²) >= 11 is 5.99. The molecule has 2 aromatic rings. The van der Waals surface area contributed by atoms with Gasteiger partial charge in [-0.05, 0) is 43.2 Å². The molecule has 0 fully saturated rings. The summed E-state index contributed by atoms with van der Waals surface area (Å²) in [4.78, 5) is 27.4. The number of ether oxygens (including phenoxy) is 2. The zero-order chi connectivity index (χ0) is 20.8. The molecule has 1 aliphatic heterocycles. The maximum Gasteiger partial charge on any atom is 0.278 e. The molecule has 2 amide bonds. The van der Waals surface area contributed by atoms with Gasteiger partial charge in [-0.15, -0.1) is 0 Å². The van der Waals surface area contributed by atoms with E-state index in [0.29, 0.717) is 47.2 Å². The van der Waals surface area contributed by atoms with Crippen LogP contribution in [0.5, 0.6) is 5.75 Å². The Balaban J connectivity index is 1.97. The van der Waals surface area contributed by atoms with E-state index >= 15 is 0 Å². The van der Waals surface area contributed by atoms with Crippen LogP contribution in [0.3, 0.4) is 0 Å².